The third kappa shape index (κ3) is 13.1. The van der Waals surface area contributed by atoms with E-state index in [1.165, 1.54) is 6.92 Å². The fraction of sp³-hybridized carbons (Fsp3) is 0.286. The Bertz CT molecular complexity index is 1930. The lowest BCUT2D eigenvalue weighted by molar-refractivity contribution is -0.130. The van der Waals surface area contributed by atoms with Gasteiger partial charge in [0.25, 0.3) is 5.91 Å². The number of guanidine groups is 1. The Morgan fingerprint density at radius 1 is 0.691 bits per heavy atom. The number of aliphatic imine (C=N–C) groups is 1. The minimum atomic E-state index is -0.993. The minimum absolute atomic E-state index is 0.0624. The van der Waals surface area contributed by atoms with Crippen molar-refractivity contribution in [2.75, 3.05) is 11.9 Å². The van der Waals surface area contributed by atoms with Crippen LogP contribution in [0.3, 0.4) is 0 Å². The topological polar surface area (TPSA) is 210 Å². The second kappa shape index (κ2) is 20.7. The Morgan fingerprint density at radius 3 is 1.91 bits per heavy atom. The number of carbonyl (C=O) groups excluding carboxylic acids is 5. The number of hydrogen-bond acceptors (Lipinski definition) is 6. The summed E-state index contributed by atoms with van der Waals surface area (Å²) in [6, 6.07) is 30.1. The molecule has 0 aliphatic rings. The van der Waals surface area contributed by atoms with E-state index in [-0.39, 0.29) is 55.2 Å². The zero-order valence-electron chi connectivity index (χ0n) is 31.4. The van der Waals surface area contributed by atoms with Crippen LogP contribution in [-0.4, -0.2) is 60.2 Å². The van der Waals surface area contributed by atoms with Crippen LogP contribution in [0.1, 0.15) is 55.1 Å². The molecule has 13 heteroatoms. The summed E-state index contributed by atoms with van der Waals surface area (Å²) in [7, 11) is 0. The number of nitrogens with two attached hydrogens (primary N) is 2. The lowest BCUT2D eigenvalue weighted by Gasteiger charge is -2.26. The molecule has 9 N–H and O–H groups in total. The van der Waals surface area contributed by atoms with Crippen molar-refractivity contribution >= 4 is 41.2 Å². The van der Waals surface area contributed by atoms with Crippen LogP contribution in [0, 0.1) is 5.92 Å². The molecule has 0 aliphatic carbocycles. The standard InChI is InChI=1S/C42H50N8O5/c1-27(2)37(41(55)49-36(24-29-14-7-4-8-15-29)39(53)46-26-30-16-9-5-10-17-30)50-38(52)33-22-21-32(25-34(33)31-18-11-6-12-19-31)48-40(54)35(47-28(3)51)20-13-23-45-42(43)44/h4-12,14-19,21-22,25,27,35-37H,13,20,23-24,26H2,1-3H3,(H,46,53)(H,47,51)(H,48,54)(H,49,55)(H,50,52)(H4,43,44,45)/t35-,36-,37-/m0/s1. The number of benzene rings is 4. The fourth-order valence-corrected chi connectivity index (χ4v) is 5.91. The van der Waals surface area contributed by atoms with Gasteiger partial charge in [-0.3, -0.25) is 29.0 Å². The highest BCUT2D eigenvalue weighted by molar-refractivity contribution is 6.05. The van der Waals surface area contributed by atoms with Gasteiger partial charge >= 0.3 is 0 Å². The third-order valence-corrected chi connectivity index (χ3v) is 8.72. The van der Waals surface area contributed by atoms with E-state index in [0.29, 0.717) is 23.2 Å². The Morgan fingerprint density at radius 2 is 1.31 bits per heavy atom. The molecule has 0 saturated heterocycles. The van der Waals surface area contributed by atoms with Gasteiger partial charge in [-0.2, -0.15) is 0 Å². The molecule has 55 heavy (non-hydrogen) atoms. The molecule has 0 fully saturated rings. The summed E-state index contributed by atoms with van der Waals surface area (Å²) in [5.74, 6) is -2.61. The van der Waals surface area contributed by atoms with Gasteiger partial charge in [0.2, 0.25) is 23.6 Å². The molecule has 3 atom stereocenters. The summed E-state index contributed by atoms with van der Waals surface area (Å²) in [5, 5.41) is 14.2. The number of nitrogens with zero attached hydrogens (tertiary/aromatic N) is 1. The largest absolute Gasteiger partial charge is 0.370 e. The second-order valence-corrected chi connectivity index (χ2v) is 13.5. The van der Waals surface area contributed by atoms with E-state index in [1.807, 2.05) is 105 Å². The van der Waals surface area contributed by atoms with Crippen molar-refractivity contribution in [1.82, 2.24) is 21.3 Å². The van der Waals surface area contributed by atoms with E-state index in [4.69, 9.17) is 11.5 Å². The maximum atomic E-state index is 14.1. The zero-order chi connectivity index (χ0) is 39.7. The Kier molecular flexibility index (Phi) is 15.5. The number of amides is 5. The van der Waals surface area contributed by atoms with Crippen molar-refractivity contribution in [3.8, 4) is 11.1 Å². The summed E-state index contributed by atoms with van der Waals surface area (Å²) in [4.78, 5) is 70.7. The number of nitrogens with one attached hydrogen (secondary N) is 5. The fourth-order valence-electron chi connectivity index (χ4n) is 5.91. The van der Waals surface area contributed by atoms with E-state index in [0.717, 1.165) is 11.1 Å². The van der Waals surface area contributed by atoms with Crippen LogP contribution in [-0.2, 0) is 32.1 Å². The molecule has 0 radical (unpaired) electrons. The van der Waals surface area contributed by atoms with Gasteiger partial charge < -0.3 is 38.1 Å². The van der Waals surface area contributed by atoms with Crippen molar-refractivity contribution in [2.45, 2.75) is 64.7 Å². The molecule has 0 aliphatic heterocycles. The number of rotatable bonds is 18. The van der Waals surface area contributed by atoms with Gasteiger partial charge in [0.15, 0.2) is 5.96 Å². The Balaban J connectivity index is 1.55. The first-order valence-corrected chi connectivity index (χ1v) is 18.2. The maximum absolute atomic E-state index is 14.1. The molecule has 13 nitrogen and oxygen atoms in total. The molecule has 0 aromatic heterocycles. The number of anilines is 1. The second-order valence-electron chi connectivity index (χ2n) is 13.5. The highest BCUT2D eigenvalue weighted by Crippen LogP contribution is 2.28. The first-order chi connectivity index (χ1) is 26.4. The predicted octanol–water partition coefficient (Wildman–Crippen LogP) is 3.65. The molecule has 0 spiro atoms. The van der Waals surface area contributed by atoms with Gasteiger partial charge in [-0.1, -0.05) is 105 Å². The van der Waals surface area contributed by atoms with E-state index < -0.39 is 35.8 Å². The molecule has 0 bridgehead atoms. The van der Waals surface area contributed by atoms with Crippen LogP contribution >= 0.6 is 0 Å². The molecule has 0 saturated carbocycles. The molecule has 4 aromatic carbocycles. The van der Waals surface area contributed by atoms with Crippen LogP contribution in [0.2, 0.25) is 0 Å². The van der Waals surface area contributed by atoms with Crippen LogP contribution in [0.15, 0.2) is 114 Å². The van der Waals surface area contributed by atoms with Crippen LogP contribution in [0.5, 0.6) is 0 Å². The van der Waals surface area contributed by atoms with Crippen LogP contribution < -0.4 is 38.1 Å². The third-order valence-electron chi connectivity index (χ3n) is 8.72. The summed E-state index contributed by atoms with van der Waals surface area (Å²) in [6.07, 6.45) is 0.977. The molecule has 4 rings (SSSR count). The van der Waals surface area contributed by atoms with Crippen molar-refractivity contribution in [3.05, 3.63) is 126 Å². The molecule has 0 unspecified atom stereocenters. The molecule has 288 valence electrons. The SMILES string of the molecule is CC(=O)N[C@@H](CCCN=C(N)N)C(=O)Nc1ccc(C(=O)N[C@H](C(=O)N[C@@H](Cc2ccccc2)C(=O)NCc2ccccc2)C(C)C)c(-c2ccccc2)c1. The number of hydrogen-bond donors (Lipinski definition) is 7. The van der Waals surface area contributed by atoms with Crippen molar-refractivity contribution in [2.24, 2.45) is 22.4 Å². The monoisotopic (exact) mass is 746 g/mol. The van der Waals surface area contributed by atoms with Gasteiger partial charge in [0, 0.05) is 37.7 Å². The van der Waals surface area contributed by atoms with Crippen LogP contribution in [0.4, 0.5) is 5.69 Å². The predicted molar refractivity (Wildman–Crippen MR) is 214 cm³/mol. The molecule has 5 amide bonds. The quantitative estimate of drug-likeness (QED) is 0.0456. The van der Waals surface area contributed by atoms with Crippen molar-refractivity contribution in [1.29, 1.82) is 0 Å². The molecular weight excluding hydrogens is 697 g/mol. The maximum Gasteiger partial charge on any atom is 0.252 e. The van der Waals surface area contributed by atoms with E-state index in [9.17, 15) is 24.0 Å². The van der Waals surface area contributed by atoms with Crippen LogP contribution in [0.25, 0.3) is 11.1 Å². The smallest absolute Gasteiger partial charge is 0.252 e. The Hall–Kier alpha value is -6.50. The molecule has 0 heterocycles. The van der Waals surface area contributed by atoms with Crippen molar-refractivity contribution < 1.29 is 24.0 Å². The first-order valence-electron chi connectivity index (χ1n) is 18.2. The molecule has 4 aromatic rings. The lowest BCUT2D eigenvalue weighted by atomic mass is 9.96. The van der Waals surface area contributed by atoms with Crippen molar-refractivity contribution in [3.63, 3.8) is 0 Å². The highest BCUT2D eigenvalue weighted by atomic mass is 16.2. The first kappa shape index (κ1) is 41.3. The van der Waals surface area contributed by atoms with Gasteiger partial charge in [-0.15, -0.1) is 0 Å². The van der Waals surface area contributed by atoms with E-state index >= 15 is 0 Å². The number of carbonyl (C=O) groups is 5. The highest BCUT2D eigenvalue weighted by Gasteiger charge is 2.30. The Labute approximate surface area is 321 Å². The summed E-state index contributed by atoms with van der Waals surface area (Å²) in [6.45, 7) is 5.53. The average molecular weight is 747 g/mol. The summed E-state index contributed by atoms with van der Waals surface area (Å²) < 4.78 is 0. The van der Waals surface area contributed by atoms with E-state index in [1.54, 1.807) is 18.2 Å². The average Bonchev–Trinajstić information content (AvgIpc) is 3.17. The molecular formula is C42H50N8O5. The van der Waals surface area contributed by atoms with Gasteiger partial charge in [0.1, 0.15) is 18.1 Å². The van der Waals surface area contributed by atoms with Gasteiger partial charge in [-0.05, 0) is 59.2 Å². The minimum Gasteiger partial charge on any atom is -0.370 e. The summed E-state index contributed by atoms with van der Waals surface area (Å²) in [5.41, 5.74) is 14.4. The van der Waals surface area contributed by atoms with Gasteiger partial charge in [0.05, 0.1) is 0 Å². The van der Waals surface area contributed by atoms with E-state index in [2.05, 4.69) is 31.6 Å². The van der Waals surface area contributed by atoms with Gasteiger partial charge in [-0.25, -0.2) is 0 Å². The normalized spacial score (nSPS) is 12.4. The summed E-state index contributed by atoms with van der Waals surface area (Å²) >= 11 is 0. The lowest BCUT2D eigenvalue weighted by Crippen LogP contribution is -2.56. The zero-order valence-corrected chi connectivity index (χ0v) is 31.4.